The Bertz CT molecular complexity index is 204. The van der Waals surface area contributed by atoms with Crippen LogP contribution in [0.4, 0.5) is 0 Å². The third-order valence-electron chi connectivity index (χ3n) is 1.80. The molecule has 0 unspecified atom stereocenters. The van der Waals surface area contributed by atoms with Gasteiger partial charge in [-0.25, -0.2) is 0 Å². The Morgan fingerprint density at radius 1 is 1.55 bits per heavy atom. The van der Waals surface area contributed by atoms with E-state index in [1.54, 1.807) is 0 Å². The maximum absolute atomic E-state index is 4.75. The molecule has 62 valence electrons. The van der Waals surface area contributed by atoms with Gasteiger partial charge in [-0.1, -0.05) is 10.9 Å². The topological polar surface area (TPSA) is 12.4 Å². The van der Waals surface area contributed by atoms with E-state index in [0.717, 1.165) is 0 Å². The minimum Gasteiger partial charge on any atom is -0.359 e. The molecular weight excluding hydrogens is 166 g/mol. The van der Waals surface area contributed by atoms with E-state index in [0.29, 0.717) is 0 Å². The van der Waals surface area contributed by atoms with Crippen molar-refractivity contribution in [3.63, 3.8) is 0 Å². The monoisotopic (exact) mass is 183 g/mol. The van der Waals surface area contributed by atoms with Crippen LogP contribution in [0.25, 0.3) is 0 Å². The van der Waals surface area contributed by atoms with Crippen molar-refractivity contribution in [2.75, 3.05) is 0 Å². The molecule has 0 aromatic rings. The molecule has 0 bridgehead atoms. The summed E-state index contributed by atoms with van der Waals surface area (Å²) in [5.41, 5.74) is 1.97. The van der Waals surface area contributed by atoms with E-state index in [1.807, 2.05) is 5.70 Å². The van der Waals surface area contributed by atoms with Crippen LogP contribution in [0.3, 0.4) is 0 Å². The molecular formula is C8H17NSi2. The molecule has 0 fully saturated rings. The number of nitrogens with zero attached hydrogens (tertiary/aromatic N) is 1. The van der Waals surface area contributed by atoms with Gasteiger partial charge < -0.3 is 4.30 Å². The summed E-state index contributed by atoms with van der Waals surface area (Å²) < 4.78 is 4.75. The van der Waals surface area contributed by atoms with Crippen molar-refractivity contribution < 1.29 is 0 Å². The Kier molecular flexibility index (Phi) is 3.82. The number of allylic oxidation sites excluding steroid dienone is 1. The first kappa shape index (κ1) is 10.7. The van der Waals surface area contributed by atoms with Gasteiger partial charge in [0.15, 0.2) is 8.24 Å². The first-order valence-electron chi connectivity index (χ1n) is 3.75. The van der Waals surface area contributed by atoms with E-state index in [4.69, 9.17) is 4.30 Å². The van der Waals surface area contributed by atoms with Gasteiger partial charge in [0, 0.05) is 0 Å². The normalized spacial score (nSPS) is 12.9. The minimum atomic E-state index is -1.46. The SMILES string of the molecule is C=C[Si](C)=N[Si](C)(C)C(=C)C. The molecule has 0 aromatic heterocycles. The van der Waals surface area contributed by atoms with Gasteiger partial charge in [-0.2, -0.15) is 0 Å². The first-order chi connectivity index (χ1) is 4.90. The Morgan fingerprint density at radius 2 is 2.00 bits per heavy atom. The van der Waals surface area contributed by atoms with Crippen LogP contribution < -0.4 is 0 Å². The largest absolute Gasteiger partial charge is 0.359 e. The Labute approximate surface area is 72.3 Å². The molecule has 0 atom stereocenters. The molecule has 0 saturated carbocycles. The lowest BCUT2D eigenvalue weighted by Gasteiger charge is -2.17. The van der Waals surface area contributed by atoms with E-state index >= 15 is 0 Å². The lowest BCUT2D eigenvalue weighted by atomic mass is 10.8. The Hall–Kier alpha value is -0.286. The van der Waals surface area contributed by atoms with Gasteiger partial charge in [-0.05, 0) is 26.6 Å². The highest BCUT2D eigenvalue weighted by atomic mass is 28.4. The van der Waals surface area contributed by atoms with Crippen molar-refractivity contribution in [3.8, 4) is 0 Å². The van der Waals surface area contributed by atoms with E-state index in [1.165, 1.54) is 5.20 Å². The minimum absolute atomic E-state index is 0.641. The molecule has 0 radical (unpaired) electrons. The fourth-order valence-corrected chi connectivity index (χ4v) is 5.24. The summed E-state index contributed by atoms with van der Waals surface area (Å²) in [7, 11) is -2.10. The predicted molar refractivity (Wildman–Crippen MR) is 56.5 cm³/mol. The van der Waals surface area contributed by atoms with E-state index in [2.05, 4.69) is 39.7 Å². The molecule has 0 N–H and O–H groups in total. The van der Waals surface area contributed by atoms with Crippen LogP contribution in [-0.2, 0) is 0 Å². The van der Waals surface area contributed by atoms with Gasteiger partial charge in [0.2, 0.25) is 0 Å². The molecule has 1 nitrogen and oxygen atoms in total. The zero-order valence-electron chi connectivity index (χ0n) is 7.94. The fraction of sp³-hybridized carbons (Fsp3) is 0.500. The highest BCUT2D eigenvalue weighted by molar-refractivity contribution is 6.86. The second kappa shape index (κ2) is 3.92. The molecule has 0 aliphatic heterocycles. The van der Waals surface area contributed by atoms with Gasteiger partial charge in [-0.15, -0.1) is 13.2 Å². The van der Waals surface area contributed by atoms with Crippen LogP contribution in [0.1, 0.15) is 6.92 Å². The van der Waals surface area contributed by atoms with Crippen LogP contribution in [0.15, 0.2) is 28.4 Å². The molecule has 0 heterocycles. The molecule has 0 aliphatic carbocycles. The second-order valence-electron chi connectivity index (χ2n) is 3.30. The molecule has 3 heteroatoms. The average Bonchev–Trinajstić information content (AvgIpc) is 1.86. The van der Waals surface area contributed by atoms with Crippen LogP contribution >= 0.6 is 0 Å². The fourth-order valence-electron chi connectivity index (χ4n) is 0.582. The Morgan fingerprint density at radius 3 is 2.27 bits per heavy atom. The van der Waals surface area contributed by atoms with Crippen LogP contribution in [0, 0.1) is 0 Å². The lowest BCUT2D eigenvalue weighted by molar-refractivity contribution is 1.49. The highest BCUT2D eigenvalue weighted by Crippen LogP contribution is 2.13. The van der Waals surface area contributed by atoms with Gasteiger partial charge >= 0.3 is 0 Å². The maximum atomic E-state index is 4.75. The molecule has 0 amide bonds. The molecule has 0 aliphatic rings. The molecule has 0 aromatic carbocycles. The average molecular weight is 183 g/mol. The summed E-state index contributed by atoms with van der Waals surface area (Å²) in [5.74, 6) is 0. The zero-order chi connectivity index (χ0) is 9.07. The number of rotatable bonds is 3. The van der Waals surface area contributed by atoms with Crippen LogP contribution in [-0.4, -0.2) is 16.8 Å². The summed E-state index contributed by atoms with van der Waals surface area (Å²) in [6.45, 7) is 16.4. The number of hydrogen-bond acceptors (Lipinski definition) is 1. The third-order valence-corrected chi connectivity index (χ3v) is 8.12. The molecule has 11 heavy (non-hydrogen) atoms. The molecule has 0 spiro atoms. The van der Waals surface area contributed by atoms with Gasteiger partial charge in [0.25, 0.3) is 0 Å². The van der Waals surface area contributed by atoms with E-state index in [9.17, 15) is 0 Å². The van der Waals surface area contributed by atoms with Gasteiger partial charge in [-0.3, -0.25) is 0 Å². The van der Waals surface area contributed by atoms with Crippen molar-refractivity contribution >= 4 is 16.8 Å². The van der Waals surface area contributed by atoms with Crippen LogP contribution in [0.2, 0.25) is 19.6 Å². The standard InChI is InChI=1S/C8H17NSi2/c1-7-10(4)9-11(5,6)8(2)3/h7H,1-2H2,3-6H3. The second-order valence-corrected chi connectivity index (χ2v) is 9.85. The smallest absolute Gasteiger partial charge is 0.188 e. The number of hydrogen-bond donors (Lipinski definition) is 0. The van der Waals surface area contributed by atoms with Gasteiger partial charge in [0.1, 0.15) is 8.59 Å². The molecule has 0 saturated heterocycles. The summed E-state index contributed by atoms with van der Waals surface area (Å²) in [6.07, 6.45) is 0. The van der Waals surface area contributed by atoms with Gasteiger partial charge in [0.05, 0.1) is 0 Å². The Balaban J connectivity index is 4.58. The van der Waals surface area contributed by atoms with Crippen LogP contribution in [0.5, 0.6) is 0 Å². The van der Waals surface area contributed by atoms with Crippen molar-refractivity contribution in [3.05, 3.63) is 24.1 Å². The van der Waals surface area contributed by atoms with Crippen molar-refractivity contribution in [2.45, 2.75) is 26.6 Å². The zero-order valence-corrected chi connectivity index (χ0v) is 9.94. The lowest BCUT2D eigenvalue weighted by Crippen LogP contribution is -2.26. The highest BCUT2D eigenvalue weighted by Gasteiger charge is 2.19. The van der Waals surface area contributed by atoms with Crippen molar-refractivity contribution in [1.82, 2.24) is 0 Å². The summed E-state index contributed by atoms with van der Waals surface area (Å²) in [5, 5.41) is 1.25. The third kappa shape index (κ3) is 3.58. The van der Waals surface area contributed by atoms with Crippen molar-refractivity contribution in [1.29, 1.82) is 0 Å². The van der Waals surface area contributed by atoms with E-state index < -0.39 is 16.8 Å². The first-order valence-corrected chi connectivity index (χ1v) is 8.72. The maximum Gasteiger partial charge on any atom is 0.188 e. The van der Waals surface area contributed by atoms with Crippen molar-refractivity contribution in [2.24, 2.45) is 4.30 Å². The van der Waals surface area contributed by atoms with E-state index in [-0.39, 0.29) is 0 Å². The summed E-state index contributed by atoms with van der Waals surface area (Å²) in [4.78, 5) is 0. The summed E-state index contributed by atoms with van der Waals surface area (Å²) >= 11 is 0. The molecule has 0 rings (SSSR count). The summed E-state index contributed by atoms with van der Waals surface area (Å²) in [6, 6.07) is 0. The predicted octanol–water partition coefficient (Wildman–Crippen LogP) is 2.92. The quantitative estimate of drug-likeness (QED) is 0.597.